The van der Waals surface area contributed by atoms with Crippen molar-refractivity contribution in [2.75, 3.05) is 0 Å². The van der Waals surface area contributed by atoms with Gasteiger partial charge in [0.2, 0.25) is 0 Å². The molecule has 0 saturated carbocycles. The van der Waals surface area contributed by atoms with Crippen LogP contribution in [0.2, 0.25) is 0 Å². The molecule has 4 heteroatoms. The van der Waals surface area contributed by atoms with E-state index in [1.807, 2.05) is 37.3 Å². The summed E-state index contributed by atoms with van der Waals surface area (Å²) in [5.41, 5.74) is 2.97. The van der Waals surface area contributed by atoms with E-state index in [4.69, 9.17) is 0 Å². The molecule has 0 aliphatic heterocycles. The molecule has 0 fully saturated rings. The smallest absolute Gasteiger partial charge is 0.332 e. The van der Waals surface area contributed by atoms with Crippen molar-refractivity contribution in [2.45, 2.75) is 19.8 Å². The monoisotopic (exact) mass is 233 g/mol. The number of amides is 1. The van der Waals surface area contributed by atoms with Crippen LogP contribution in [-0.4, -0.2) is 11.9 Å². The maximum Gasteiger partial charge on any atom is 0.332 e. The van der Waals surface area contributed by atoms with Crippen LogP contribution in [0.5, 0.6) is 0 Å². The molecule has 0 unspecified atom stereocenters. The van der Waals surface area contributed by atoms with Gasteiger partial charge in [-0.25, -0.2) is 4.79 Å². The highest BCUT2D eigenvalue weighted by Crippen LogP contribution is 2.00. The van der Waals surface area contributed by atoms with Gasteiger partial charge in [-0.05, 0) is 18.1 Å². The number of hydroxylamine groups is 1. The third kappa shape index (κ3) is 5.51. The molecular formula is C13H15NO3. The molecule has 0 aromatic heterocycles. The minimum atomic E-state index is -0.460. The van der Waals surface area contributed by atoms with Gasteiger partial charge in [0.05, 0.1) is 0 Å². The van der Waals surface area contributed by atoms with Crippen molar-refractivity contribution in [3.8, 4) is 0 Å². The summed E-state index contributed by atoms with van der Waals surface area (Å²) in [5.74, 6) is -0.896. The molecule has 1 amide bonds. The maximum absolute atomic E-state index is 11.2. The molecule has 0 spiro atoms. The Kier molecular flexibility index (Phi) is 5.51. The Morgan fingerprint density at radius 1 is 1.29 bits per heavy atom. The van der Waals surface area contributed by atoms with Crippen molar-refractivity contribution in [2.24, 2.45) is 0 Å². The lowest BCUT2D eigenvalue weighted by Crippen LogP contribution is -2.25. The number of rotatable bonds is 4. The highest BCUT2D eigenvalue weighted by Gasteiger charge is 2.02. The molecule has 0 aliphatic carbocycles. The lowest BCUT2D eigenvalue weighted by atomic mass is 10.2. The van der Waals surface area contributed by atoms with Gasteiger partial charge in [-0.3, -0.25) is 4.79 Å². The first kappa shape index (κ1) is 13.0. The molecule has 0 aliphatic rings. The Morgan fingerprint density at radius 3 is 2.65 bits per heavy atom. The standard InChI is InChI=1S/C13H15NO3/c1-2-6-13(16)17-14-12(15)10-9-11-7-4-3-5-8-11/h3-5,7-10H,2,6H2,1H3,(H,14,15)/b10-9+. The molecule has 1 aromatic carbocycles. The number of nitrogens with one attached hydrogen (secondary N) is 1. The van der Waals surface area contributed by atoms with Crippen molar-refractivity contribution < 1.29 is 14.4 Å². The quantitative estimate of drug-likeness (QED) is 0.639. The van der Waals surface area contributed by atoms with Gasteiger partial charge in [-0.1, -0.05) is 37.3 Å². The predicted octanol–water partition coefficient (Wildman–Crippen LogP) is 2.07. The second kappa shape index (κ2) is 7.22. The first-order valence-electron chi connectivity index (χ1n) is 5.45. The molecule has 0 atom stereocenters. The van der Waals surface area contributed by atoms with E-state index >= 15 is 0 Å². The van der Waals surface area contributed by atoms with E-state index in [9.17, 15) is 9.59 Å². The van der Waals surface area contributed by atoms with Crippen molar-refractivity contribution in [3.05, 3.63) is 42.0 Å². The Labute approximate surface area is 100 Å². The van der Waals surface area contributed by atoms with Crippen molar-refractivity contribution in [1.29, 1.82) is 0 Å². The molecule has 4 nitrogen and oxygen atoms in total. The van der Waals surface area contributed by atoms with Crippen LogP contribution in [0.15, 0.2) is 36.4 Å². The summed E-state index contributed by atoms with van der Waals surface area (Å²) in [6.45, 7) is 1.86. The molecule has 0 bridgehead atoms. The van der Waals surface area contributed by atoms with E-state index < -0.39 is 11.9 Å². The third-order valence-corrected chi connectivity index (χ3v) is 1.95. The average Bonchev–Trinajstić information content (AvgIpc) is 2.35. The van der Waals surface area contributed by atoms with E-state index in [1.54, 1.807) is 6.08 Å². The summed E-state index contributed by atoms with van der Waals surface area (Å²) >= 11 is 0. The predicted molar refractivity (Wildman–Crippen MR) is 64.6 cm³/mol. The Balaban J connectivity index is 2.35. The first-order chi connectivity index (χ1) is 8.22. The molecule has 17 heavy (non-hydrogen) atoms. The topological polar surface area (TPSA) is 55.4 Å². The van der Waals surface area contributed by atoms with Crippen LogP contribution in [0.25, 0.3) is 6.08 Å². The molecule has 90 valence electrons. The van der Waals surface area contributed by atoms with E-state index in [0.29, 0.717) is 12.8 Å². The highest BCUT2D eigenvalue weighted by molar-refractivity contribution is 5.91. The van der Waals surface area contributed by atoms with Gasteiger partial charge >= 0.3 is 5.97 Å². The summed E-state index contributed by atoms with van der Waals surface area (Å²) in [6, 6.07) is 9.38. The van der Waals surface area contributed by atoms with Crippen LogP contribution in [0.1, 0.15) is 25.3 Å². The zero-order chi connectivity index (χ0) is 12.5. The van der Waals surface area contributed by atoms with Crippen LogP contribution < -0.4 is 5.48 Å². The number of carbonyl (C=O) groups excluding carboxylic acids is 2. The summed E-state index contributed by atoms with van der Waals surface area (Å²) in [5, 5.41) is 0. The number of benzene rings is 1. The summed E-state index contributed by atoms with van der Waals surface area (Å²) in [4.78, 5) is 26.8. The van der Waals surface area contributed by atoms with Crippen molar-refractivity contribution in [1.82, 2.24) is 5.48 Å². The molecule has 1 rings (SSSR count). The van der Waals surface area contributed by atoms with Gasteiger partial charge in [0.1, 0.15) is 0 Å². The minimum Gasteiger partial charge on any atom is -0.341 e. The fourth-order valence-corrected chi connectivity index (χ4v) is 1.13. The highest BCUT2D eigenvalue weighted by atomic mass is 16.7. The zero-order valence-corrected chi connectivity index (χ0v) is 9.68. The third-order valence-electron chi connectivity index (χ3n) is 1.95. The number of carbonyl (C=O) groups is 2. The Morgan fingerprint density at radius 2 is 2.00 bits per heavy atom. The molecule has 1 aromatic rings. The SMILES string of the molecule is CCCC(=O)ONC(=O)/C=C/c1ccccc1. The van der Waals surface area contributed by atoms with Crippen LogP contribution in [0.4, 0.5) is 0 Å². The summed E-state index contributed by atoms with van der Waals surface area (Å²) < 4.78 is 0. The minimum absolute atomic E-state index is 0.294. The first-order valence-corrected chi connectivity index (χ1v) is 5.45. The second-order valence-corrected chi connectivity index (χ2v) is 3.43. The lowest BCUT2D eigenvalue weighted by Gasteiger charge is -2.01. The molecule has 0 saturated heterocycles. The number of hydrogen-bond donors (Lipinski definition) is 1. The van der Waals surface area contributed by atoms with E-state index in [0.717, 1.165) is 5.56 Å². The Bertz CT molecular complexity index is 398. The summed E-state index contributed by atoms with van der Waals surface area (Å²) in [7, 11) is 0. The summed E-state index contributed by atoms with van der Waals surface area (Å²) in [6.07, 6.45) is 3.94. The van der Waals surface area contributed by atoms with Gasteiger partial charge in [-0.2, -0.15) is 5.48 Å². The van der Waals surface area contributed by atoms with Crippen LogP contribution >= 0.6 is 0 Å². The van der Waals surface area contributed by atoms with E-state index in [1.165, 1.54) is 6.08 Å². The molecule has 0 heterocycles. The van der Waals surface area contributed by atoms with Crippen LogP contribution in [0.3, 0.4) is 0 Å². The zero-order valence-electron chi connectivity index (χ0n) is 9.68. The van der Waals surface area contributed by atoms with E-state index in [2.05, 4.69) is 10.3 Å². The fourth-order valence-electron chi connectivity index (χ4n) is 1.13. The lowest BCUT2D eigenvalue weighted by molar-refractivity contribution is -0.156. The fraction of sp³-hybridized carbons (Fsp3) is 0.231. The van der Waals surface area contributed by atoms with Gasteiger partial charge in [-0.15, -0.1) is 0 Å². The largest absolute Gasteiger partial charge is 0.341 e. The average molecular weight is 233 g/mol. The van der Waals surface area contributed by atoms with Crippen LogP contribution in [-0.2, 0) is 14.4 Å². The van der Waals surface area contributed by atoms with Gasteiger partial charge in [0, 0.05) is 12.5 Å². The van der Waals surface area contributed by atoms with Crippen LogP contribution in [0, 0.1) is 0 Å². The molecule has 1 N–H and O–H groups in total. The normalized spacial score (nSPS) is 10.2. The molecule has 0 radical (unpaired) electrons. The number of hydrogen-bond acceptors (Lipinski definition) is 3. The second-order valence-electron chi connectivity index (χ2n) is 3.43. The van der Waals surface area contributed by atoms with E-state index in [-0.39, 0.29) is 0 Å². The van der Waals surface area contributed by atoms with Crippen molar-refractivity contribution in [3.63, 3.8) is 0 Å². The maximum atomic E-state index is 11.2. The Hall–Kier alpha value is -2.10. The van der Waals surface area contributed by atoms with Gasteiger partial charge < -0.3 is 4.84 Å². The van der Waals surface area contributed by atoms with Crippen molar-refractivity contribution >= 4 is 18.0 Å². The van der Waals surface area contributed by atoms with Gasteiger partial charge in [0.25, 0.3) is 5.91 Å². The molecular weight excluding hydrogens is 218 g/mol. The van der Waals surface area contributed by atoms with Gasteiger partial charge in [0.15, 0.2) is 0 Å².